The average molecular weight is 246 g/mol. The highest BCUT2D eigenvalue weighted by Crippen LogP contribution is 2.30. The molecule has 1 aromatic rings. The lowest BCUT2D eigenvalue weighted by Gasteiger charge is -2.09. The Morgan fingerprint density at radius 1 is 1.33 bits per heavy atom. The van der Waals surface area contributed by atoms with Crippen molar-refractivity contribution in [3.8, 4) is 17.6 Å². The molecule has 1 heterocycles. The second-order valence-corrected chi connectivity index (χ2v) is 3.94. The molecule has 0 saturated heterocycles. The number of benzene rings is 1. The van der Waals surface area contributed by atoms with Gasteiger partial charge in [-0.05, 0) is 17.7 Å². The zero-order valence-corrected chi connectivity index (χ0v) is 9.94. The predicted molar refractivity (Wildman–Crippen MR) is 64.1 cm³/mol. The van der Waals surface area contributed by atoms with Gasteiger partial charge in [0.1, 0.15) is 6.42 Å². The number of rotatable bonds is 3. The van der Waals surface area contributed by atoms with Crippen LogP contribution in [0.5, 0.6) is 11.5 Å². The van der Waals surface area contributed by atoms with Crippen LogP contribution in [0.3, 0.4) is 0 Å². The second-order valence-electron chi connectivity index (χ2n) is 3.94. The van der Waals surface area contributed by atoms with Crippen LogP contribution >= 0.6 is 0 Å². The first-order valence-electron chi connectivity index (χ1n) is 5.82. The quantitative estimate of drug-likeness (QED) is 0.874. The highest BCUT2D eigenvalue weighted by atomic mass is 16.5. The minimum absolute atomic E-state index is 0.120. The highest BCUT2D eigenvalue weighted by Gasteiger charge is 2.10. The minimum atomic E-state index is -0.274. The van der Waals surface area contributed by atoms with Crippen LogP contribution in [0.2, 0.25) is 0 Å². The molecule has 0 saturated carbocycles. The van der Waals surface area contributed by atoms with Crippen molar-refractivity contribution in [2.45, 2.75) is 19.4 Å². The van der Waals surface area contributed by atoms with Crippen LogP contribution in [-0.4, -0.2) is 19.1 Å². The third-order valence-corrected chi connectivity index (χ3v) is 2.54. The molecule has 0 atom stereocenters. The first kappa shape index (κ1) is 12.2. The first-order valence-corrected chi connectivity index (χ1v) is 5.82. The van der Waals surface area contributed by atoms with E-state index in [0.29, 0.717) is 25.5 Å². The normalized spacial score (nSPS) is 13.3. The molecule has 0 bridgehead atoms. The van der Waals surface area contributed by atoms with Crippen LogP contribution < -0.4 is 14.8 Å². The summed E-state index contributed by atoms with van der Waals surface area (Å²) < 4.78 is 11.1. The van der Waals surface area contributed by atoms with E-state index in [1.807, 2.05) is 18.2 Å². The van der Waals surface area contributed by atoms with Crippen LogP contribution in [0.25, 0.3) is 0 Å². The molecule has 0 unspecified atom stereocenters. The van der Waals surface area contributed by atoms with E-state index in [1.54, 1.807) is 6.07 Å². The number of carbonyl (C=O) groups excluding carboxylic acids is 1. The SMILES string of the molecule is N#CCC(=O)NCc1ccc2c(c1)OCCCO2. The Bertz CT molecular complexity index is 480. The first-order chi connectivity index (χ1) is 8.79. The monoisotopic (exact) mass is 246 g/mol. The molecule has 0 aromatic heterocycles. The van der Waals surface area contributed by atoms with E-state index >= 15 is 0 Å². The summed E-state index contributed by atoms with van der Waals surface area (Å²) in [5.41, 5.74) is 0.922. The number of hydrogen-bond acceptors (Lipinski definition) is 4. The molecule has 18 heavy (non-hydrogen) atoms. The lowest BCUT2D eigenvalue weighted by molar-refractivity contribution is -0.120. The maximum Gasteiger partial charge on any atom is 0.234 e. The largest absolute Gasteiger partial charge is 0.490 e. The number of hydrogen-bond donors (Lipinski definition) is 1. The van der Waals surface area contributed by atoms with Gasteiger partial charge in [-0.2, -0.15) is 5.26 Å². The van der Waals surface area contributed by atoms with Gasteiger partial charge in [0, 0.05) is 13.0 Å². The molecule has 94 valence electrons. The second kappa shape index (κ2) is 5.92. The Hall–Kier alpha value is -2.22. The standard InChI is InChI=1S/C13H14N2O3/c14-5-4-13(16)15-9-10-2-3-11-12(8-10)18-7-1-6-17-11/h2-3,8H,1,4,6-7,9H2,(H,15,16). The van der Waals surface area contributed by atoms with Gasteiger partial charge in [0.05, 0.1) is 19.3 Å². The van der Waals surface area contributed by atoms with E-state index in [0.717, 1.165) is 17.7 Å². The fraction of sp³-hybridized carbons (Fsp3) is 0.385. The summed E-state index contributed by atoms with van der Waals surface area (Å²) in [4.78, 5) is 11.2. The van der Waals surface area contributed by atoms with Crippen LogP contribution in [-0.2, 0) is 11.3 Å². The van der Waals surface area contributed by atoms with Crippen LogP contribution in [0.15, 0.2) is 18.2 Å². The lowest BCUT2D eigenvalue weighted by Crippen LogP contribution is -2.21. The van der Waals surface area contributed by atoms with E-state index in [-0.39, 0.29) is 12.3 Å². The zero-order valence-electron chi connectivity index (χ0n) is 9.94. The molecule has 1 N–H and O–H groups in total. The van der Waals surface area contributed by atoms with Gasteiger partial charge in [-0.1, -0.05) is 6.07 Å². The third kappa shape index (κ3) is 3.14. The molecule has 1 amide bonds. The Kier molecular flexibility index (Phi) is 4.02. The average Bonchev–Trinajstić information content (AvgIpc) is 2.61. The van der Waals surface area contributed by atoms with Gasteiger partial charge < -0.3 is 14.8 Å². The predicted octanol–water partition coefficient (Wildman–Crippen LogP) is 1.38. The lowest BCUT2D eigenvalue weighted by atomic mass is 10.2. The summed E-state index contributed by atoms with van der Waals surface area (Å²) in [5.74, 6) is 1.17. The smallest absolute Gasteiger partial charge is 0.234 e. The summed E-state index contributed by atoms with van der Waals surface area (Å²) >= 11 is 0. The van der Waals surface area contributed by atoms with Gasteiger partial charge >= 0.3 is 0 Å². The van der Waals surface area contributed by atoms with E-state index in [9.17, 15) is 4.79 Å². The number of nitrogens with zero attached hydrogens (tertiary/aromatic N) is 1. The van der Waals surface area contributed by atoms with Crippen molar-refractivity contribution in [3.05, 3.63) is 23.8 Å². The van der Waals surface area contributed by atoms with Crippen LogP contribution in [0.1, 0.15) is 18.4 Å². The van der Waals surface area contributed by atoms with Crippen molar-refractivity contribution in [2.24, 2.45) is 0 Å². The third-order valence-electron chi connectivity index (χ3n) is 2.54. The number of nitriles is 1. The summed E-state index contributed by atoms with van der Waals surface area (Å²) in [6.45, 7) is 1.68. The maximum absolute atomic E-state index is 11.2. The molecular formula is C13H14N2O3. The number of nitrogens with one attached hydrogen (secondary N) is 1. The molecule has 0 fully saturated rings. The number of amides is 1. The van der Waals surface area contributed by atoms with Crippen molar-refractivity contribution in [3.63, 3.8) is 0 Å². The number of ether oxygens (including phenoxy) is 2. The zero-order chi connectivity index (χ0) is 12.8. The van der Waals surface area contributed by atoms with Crippen molar-refractivity contribution < 1.29 is 14.3 Å². The molecule has 1 aromatic carbocycles. The van der Waals surface area contributed by atoms with E-state index in [2.05, 4.69) is 5.32 Å². The minimum Gasteiger partial charge on any atom is -0.490 e. The fourth-order valence-corrected chi connectivity index (χ4v) is 1.65. The van der Waals surface area contributed by atoms with E-state index < -0.39 is 0 Å². The molecule has 0 radical (unpaired) electrons. The molecule has 0 spiro atoms. The van der Waals surface area contributed by atoms with Gasteiger partial charge in [-0.25, -0.2) is 0 Å². The molecule has 1 aliphatic heterocycles. The summed E-state index contributed by atoms with van der Waals surface area (Å²) in [5, 5.41) is 11.0. The fourth-order valence-electron chi connectivity index (χ4n) is 1.65. The molecule has 5 heteroatoms. The Labute approximate surface area is 105 Å². The van der Waals surface area contributed by atoms with Gasteiger partial charge in [-0.3, -0.25) is 4.79 Å². The number of carbonyl (C=O) groups is 1. The maximum atomic E-state index is 11.2. The van der Waals surface area contributed by atoms with Gasteiger partial charge in [-0.15, -0.1) is 0 Å². The van der Waals surface area contributed by atoms with Gasteiger partial charge in [0.25, 0.3) is 0 Å². The van der Waals surface area contributed by atoms with Crippen LogP contribution in [0, 0.1) is 11.3 Å². The van der Waals surface area contributed by atoms with Crippen molar-refractivity contribution in [1.82, 2.24) is 5.32 Å². The Morgan fingerprint density at radius 2 is 2.11 bits per heavy atom. The topological polar surface area (TPSA) is 71.4 Å². The molecular weight excluding hydrogens is 232 g/mol. The molecule has 0 aliphatic carbocycles. The molecule has 5 nitrogen and oxygen atoms in total. The highest BCUT2D eigenvalue weighted by molar-refractivity contribution is 5.77. The van der Waals surface area contributed by atoms with Gasteiger partial charge in [0.15, 0.2) is 11.5 Å². The molecule has 2 rings (SSSR count). The molecule has 1 aliphatic rings. The summed E-state index contributed by atoms with van der Waals surface area (Å²) in [6, 6.07) is 7.37. The Balaban J connectivity index is 2.00. The summed E-state index contributed by atoms with van der Waals surface area (Å²) in [6.07, 6.45) is 0.744. The summed E-state index contributed by atoms with van der Waals surface area (Å²) in [7, 11) is 0. The van der Waals surface area contributed by atoms with Crippen molar-refractivity contribution in [1.29, 1.82) is 5.26 Å². The van der Waals surface area contributed by atoms with E-state index in [4.69, 9.17) is 14.7 Å². The Morgan fingerprint density at radius 3 is 2.89 bits per heavy atom. The number of fused-ring (bicyclic) bond motifs is 1. The van der Waals surface area contributed by atoms with E-state index in [1.165, 1.54) is 0 Å². The van der Waals surface area contributed by atoms with Crippen molar-refractivity contribution >= 4 is 5.91 Å². The van der Waals surface area contributed by atoms with Crippen LogP contribution in [0.4, 0.5) is 0 Å². The van der Waals surface area contributed by atoms with Crippen molar-refractivity contribution in [2.75, 3.05) is 13.2 Å². The van der Waals surface area contributed by atoms with Gasteiger partial charge in [0.2, 0.25) is 5.91 Å².